The monoisotopic (exact) mass is 1970 g/mol. The lowest BCUT2D eigenvalue weighted by Gasteiger charge is -2.28. The molecule has 9 heterocycles. The number of carbonyl (C=O) groups is 4. The number of aliphatic hydroxyl groups excluding tert-OH is 10. The molecular formula is C79H132F3N14O26P5S2. The van der Waals surface area contributed by atoms with Crippen molar-refractivity contribution in [2.24, 2.45) is 0 Å². The predicted molar refractivity (Wildman–Crippen MR) is 505 cm³/mol. The molecule has 5 aliphatic rings. The van der Waals surface area contributed by atoms with Crippen molar-refractivity contribution in [3.8, 4) is 0 Å². The van der Waals surface area contributed by atoms with Crippen molar-refractivity contribution >= 4 is 119 Å². The summed E-state index contributed by atoms with van der Waals surface area (Å²) in [4.78, 5) is 139. The van der Waals surface area contributed by atoms with Gasteiger partial charge in [0.05, 0.1) is 48.2 Å². The van der Waals surface area contributed by atoms with Gasteiger partial charge < -0.3 is 106 Å². The average molecular weight is 1970 g/mol. The zero-order chi connectivity index (χ0) is 98.2. The van der Waals surface area contributed by atoms with Gasteiger partial charge in [-0.25, -0.2) is 14.4 Å². The maximum absolute atomic E-state index is 12.6. The molecule has 50 heteroatoms. The van der Waals surface area contributed by atoms with E-state index in [1.165, 1.54) is 35.7 Å². The molecule has 129 heavy (non-hydrogen) atoms. The summed E-state index contributed by atoms with van der Waals surface area (Å²) in [5.41, 5.74) is -4.04. The number of H-pyrrole nitrogens is 4. The molecule has 0 unspecified atom stereocenters. The first-order valence-corrected chi connectivity index (χ1v) is 57.2. The number of aryl methyl sites for hydroxylation is 1. The summed E-state index contributed by atoms with van der Waals surface area (Å²) >= 11 is 10.3. The van der Waals surface area contributed by atoms with Gasteiger partial charge in [-0.05, 0) is 167 Å². The van der Waals surface area contributed by atoms with Gasteiger partial charge in [0, 0.05) is 89.9 Å². The molecular weight excluding hydrogens is 1840 g/mol. The quantitative estimate of drug-likeness (QED) is 0.0203. The smallest absolute Gasteiger partial charge is 0.388 e. The first-order valence-electron chi connectivity index (χ1n) is 41.2. The van der Waals surface area contributed by atoms with E-state index >= 15 is 0 Å². The number of likely N-dealkylation sites (N-methyl/N-ethyl adjacent to an activating group) is 1. The highest BCUT2D eigenvalue weighted by Gasteiger charge is 2.50. The number of amides is 4. The van der Waals surface area contributed by atoms with Crippen LogP contribution in [0.15, 0.2) is 58.3 Å². The number of hydrogen-bond donors (Lipinski definition) is 18. The normalized spacial score (nSPS) is 26.3. The van der Waals surface area contributed by atoms with Crippen molar-refractivity contribution in [2.75, 3.05) is 125 Å². The Morgan fingerprint density at radius 1 is 0.465 bits per heavy atom. The highest BCUT2D eigenvalue weighted by atomic mass is 32.1. The number of aromatic nitrogens is 8. The molecule has 20 atom stereocenters. The Morgan fingerprint density at radius 2 is 0.767 bits per heavy atom. The maximum atomic E-state index is 12.6. The standard InChI is InChI=1S/C17H25F3N3O6P.C16H26N3O6P.C16H30N3O5PS.C15H26N3O5P.C15H25N2O4PS/c1-22(15(27)17(18,19)20)7-9-8-23(16(28)21-13(9)26)14-12(25)11(24)10(29-14)5-6-30(2,3)4;1-9(20)17-7-10-8-19(16(24)18-14(10)23)15-13(22)12(21)11(25-15)5-6-26(2,3)4;1-10(20)17-8-6-12(21)18-16(26)19(2)15-14(23)13(22)11(24-15)7-9-25(3,4)5;1-16-7-9-8-18(15(22)17-13(9)21)14-12(20)11(19)10(23-14)5-6-24(2,3)4;1-5-9-8-17(15(23)16-13(9)20)14-12(19)11(18)10(21-14)6-7-22(2,3)4/h8,10-12,14,24-25H,2,5-7H2,1,3-4H3,(H,21,26,28);8,11-13,15,21-22H,2,5-7H2,1,3-4H3,(H,17,20)(H,18,23,24);11,13-15,22-23H,3,6-9H2,1-2,4-5H3,(H,17,20)(H,18,21,26);8,10-12,14,16,19-20H,2,5-7H2,1,3-4H3,(H,17,21,22);8,10-12,14,18-19H,2,5-7H2,1,3-4H3,(H,16,20,23)/t10-,11-,12-,14-;11-,12-,13-,15-;11-,13-,14-,15-;2*10-,11-,12-,14-/m11111/s1. The summed E-state index contributed by atoms with van der Waals surface area (Å²) < 4.78 is 71.1. The van der Waals surface area contributed by atoms with E-state index in [4.69, 9.17) is 48.1 Å². The minimum Gasteiger partial charge on any atom is -0.388 e. The van der Waals surface area contributed by atoms with Crippen LogP contribution in [0.5, 0.6) is 0 Å². The van der Waals surface area contributed by atoms with Gasteiger partial charge in [-0.1, -0.05) is 6.92 Å². The highest BCUT2D eigenvalue weighted by Crippen LogP contribution is 2.44. The number of rotatable bonds is 30. The second kappa shape index (κ2) is 48.1. The Bertz CT molecular complexity index is 5310. The molecule has 0 saturated carbocycles. The molecule has 5 fully saturated rings. The number of alkyl halides is 3. The van der Waals surface area contributed by atoms with Gasteiger partial charge >= 0.3 is 29.2 Å². The van der Waals surface area contributed by atoms with Crippen molar-refractivity contribution in [3.63, 3.8) is 0 Å². The Balaban J connectivity index is 0.000000286. The van der Waals surface area contributed by atoms with Crippen molar-refractivity contribution in [1.82, 2.24) is 69.3 Å². The van der Waals surface area contributed by atoms with Crippen LogP contribution in [-0.2, 0) is 68.9 Å². The summed E-state index contributed by atoms with van der Waals surface area (Å²) in [5.74, 6) is -3.06. The van der Waals surface area contributed by atoms with Gasteiger partial charge in [0.2, 0.25) is 17.7 Å². The number of ether oxygens (including phenoxy) is 5. The van der Waals surface area contributed by atoms with E-state index in [0.29, 0.717) is 55.8 Å². The summed E-state index contributed by atoms with van der Waals surface area (Å²) in [6, 6.07) is 0. The summed E-state index contributed by atoms with van der Waals surface area (Å²) in [5, 5.41) is 113. The molecule has 0 aromatic carbocycles. The van der Waals surface area contributed by atoms with Gasteiger partial charge in [0.15, 0.2) is 41.0 Å². The summed E-state index contributed by atoms with van der Waals surface area (Å²) in [6.45, 7) is 18.4. The van der Waals surface area contributed by atoms with Crippen LogP contribution in [0.2, 0.25) is 0 Å². The number of halogens is 3. The third-order valence-corrected chi connectivity index (χ3v) is 29.0. The Morgan fingerprint density at radius 3 is 1.09 bits per heavy atom. The van der Waals surface area contributed by atoms with Crippen LogP contribution in [0.25, 0.3) is 0 Å². The van der Waals surface area contributed by atoms with E-state index < -0.39 is 210 Å². The number of aliphatic hydroxyl groups is 10. The van der Waals surface area contributed by atoms with E-state index in [9.17, 15) is 117 Å². The van der Waals surface area contributed by atoms with Gasteiger partial charge in [-0.15, -0.1) is 65.9 Å². The van der Waals surface area contributed by atoms with Crippen LogP contribution in [0.4, 0.5) is 13.2 Å². The van der Waals surface area contributed by atoms with Crippen LogP contribution in [0, 0.1) is 4.77 Å². The first-order chi connectivity index (χ1) is 59.3. The van der Waals surface area contributed by atoms with E-state index in [2.05, 4.69) is 121 Å². The van der Waals surface area contributed by atoms with Crippen LogP contribution < -0.4 is 60.6 Å². The van der Waals surface area contributed by atoms with E-state index in [1.807, 2.05) is 25.2 Å². The number of thiocarbonyl (C=S) groups is 1. The first kappa shape index (κ1) is 113. The fraction of sp³-hybridized carbons (Fsp3) is 0.671. The van der Waals surface area contributed by atoms with Crippen molar-refractivity contribution < 1.29 is 107 Å². The van der Waals surface area contributed by atoms with Gasteiger partial charge in [-0.3, -0.25) is 76.6 Å². The molecule has 0 spiro atoms. The molecule has 0 aliphatic carbocycles. The number of aromatic amines is 4. The Hall–Kier alpha value is -6.44. The average Bonchev–Trinajstić information content (AvgIpc) is 1.67. The fourth-order valence-electron chi connectivity index (χ4n) is 13.6. The molecule has 0 bridgehead atoms. The molecule has 4 amide bonds. The second-order valence-electron chi connectivity index (χ2n) is 35.9. The van der Waals surface area contributed by atoms with Gasteiger partial charge in [0.1, 0.15) is 61.0 Å². The SMILES string of the molecule is C=P(C)(C)CC[C@H]1O[C@@H](N(C)C(=S)NC(=O)CCNC(C)=O)[C@H](O)[C@@H]1O.C=P(C)(C)CC[C@H]1O[C@@H](n2cc(CC)c(=O)[nH]c2=S)[C@H](O)[C@@H]1O.C=P(C)(C)CC[C@H]1O[C@@H](n2cc(CN(C)C(=O)C(F)(F)F)c(=O)[nH]c2=O)[C@H](O)[C@@H]1O.C=P(C)(C)CC[C@H]1O[C@@H](n2cc(CNC(C)=O)c(=O)[nH]c2=O)[C@H](O)[C@@H]1O.C=P(C)(C)CC[C@H]1O[C@@H](n2cc(CNC)c(=O)[nH]c2=O)[C@H](O)[C@@H]1O. The lowest BCUT2D eigenvalue weighted by atomic mass is 10.1. The Labute approximate surface area is 755 Å². The van der Waals surface area contributed by atoms with Crippen LogP contribution in [0.1, 0.15) is 106 Å². The minimum absolute atomic E-state index is 0.0695. The van der Waals surface area contributed by atoms with Crippen molar-refractivity contribution in [1.29, 1.82) is 0 Å². The lowest BCUT2D eigenvalue weighted by Crippen LogP contribution is -2.50. The number of nitrogens with zero attached hydrogens (tertiary/aromatic N) is 6. The predicted octanol–water partition coefficient (Wildman–Crippen LogP) is -1.78. The third kappa shape index (κ3) is 34.2. The largest absolute Gasteiger partial charge is 0.471 e. The minimum atomic E-state index is -5.12. The van der Waals surface area contributed by atoms with E-state index in [0.717, 1.165) is 51.6 Å². The number of hydrogen-bond acceptors (Lipinski definition) is 29. The zero-order valence-electron chi connectivity index (χ0n) is 75.6. The van der Waals surface area contributed by atoms with Crippen molar-refractivity contribution in [3.05, 3.63) is 125 Å². The molecule has 5 aliphatic heterocycles. The number of nitrogens with one attached hydrogen (secondary N) is 8. The van der Waals surface area contributed by atoms with E-state index in [-0.39, 0.29) is 75.2 Å². The molecule has 732 valence electrons. The molecule has 0 radical (unpaired) electrons. The Kier molecular flexibility index (Phi) is 42.2. The van der Waals surface area contributed by atoms with Crippen LogP contribution in [-0.4, -0.2) is 388 Å². The van der Waals surface area contributed by atoms with Gasteiger partial charge in [0.25, 0.3) is 22.2 Å². The second-order valence-corrected chi connectivity index (χ2v) is 58.3. The highest BCUT2D eigenvalue weighted by molar-refractivity contribution is 7.80. The summed E-state index contributed by atoms with van der Waals surface area (Å²) in [7, 11) is 4.12. The van der Waals surface area contributed by atoms with Crippen LogP contribution >= 0.6 is 58.9 Å². The van der Waals surface area contributed by atoms with Crippen molar-refractivity contribution in [2.45, 2.75) is 214 Å². The molecule has 9 rings (SSSR count). The summed E-state index contributed by atoms with van der Waals surface area (Å²) in [6.07, 6.45) is 7.83. The molecule has 4 aromatic heterocycles. The molecule has 5 saturated heterocycles. The lowest BCUT2D eigenvalue weighted by molar-refractivity contribution is -0.184. The molecule has 18 N–H and O–H groups in total. The van der Waals surface area contributed by atoms with Gasteiger partial charge in [-0.2, -0.15) is 13.2 Å². The molecule has 40 nitrogen and oxygen atoms in total. The van der Waals surface area contributed by atoms with Crippen LogP contribution in [0.3, 0.4) is 0 Å². The topological polar surface area (TPSA) is 574 Å². The third-order valence-electron chi connectivity index (χ3n) is 21.0. The maximum Gasteiger partial charge on any atom is 0.471 e. The van der Waals surface area contributed by atoms with E-state index in [1.54, 1.807) is 20.3 Å². The molecule has 4 aromatic rings. The number of carbonyl (C=O) groups excluding carboxylic acids is 4. The zero-order valence-corrected chi connectivity index (χ0v) is 81.7. The fourth-order valence-corrected chi connectivity index (χ4v) is 18.9.